The summed E-state index contributed by atoms with van der Waals surface area (Å²) < 4.78 is 49.1. The summed E-state index contributed by atoms with van der Waals surface area (Å²) in [6, 6.07) is 5.86. The molecule has 2 aliphatic rings. The van der Waals surface area contributed by atoms with Crippen LogP contribution >= 0.6 is 11.8 Å². The highest BCUT2D eigenvalue weighted by molar-refractivity contribution is 8.00. The molecule has 0 aromatic heterocycles. The van der Waals surface area contributed by atoms with Crippen molar-refractivity contribution in [1.29, 1.82) is 0 Å². The summed E-state index contributed by atoms with van der Waals surface area (Å²) in [5.41, 5.74) is -4.33. The van der Waals surface area contributed by atoms with Crippen molar-refractivity contribution in [2.75, 3.05) is 26.3 Å². The first-order valence-electron chi connectivity index (χ1n) is 7.81. The Hall–Kier alpha value is -1.25. The molecular weight excluding hydrogens is 343 g/mol. The molecule has 2 fully saturated rings. The molecule has 2 saturated heterocycles. The predicted molar refractivity (Wildman–Crippen MR) is 82.7 cm³/mol. The Morgan fingerprint density at radius 2 is 1.92 bits per heavy atom. The molecule has 1 amide bonds. The van der Waals surface area contributed by atoms with E-state index in [4.69, 9.17) is 9.47 Å². The standard InChI is InChI=1S/C16H18F3NO3S/c17-16(18,19)24-13-6-2-1-5-12(13)14(21)20-7-3-4-11(10-20)15-22-8-9-23-15/h1-2,5-6,11,15H,3-4,7-10H2. The Balaban J connectivity index is 1.74. The van der Waals surface area contributed by atoms with Crippen molar-refractivity contribution in [1.82, 2.24) is 4.90 Å². The van der Waals surface area contributed by atoms with Gasteiger partial charge in [-0.1, -0.05) is 12.1 Å². The van der Waals surface area contributed by atoms with Crippen LogP contribution in [0.15, 0.2) is 29.2 Å². The molecule has 3 rings (SSSR count). The van der Waals surface area contributed by atoms with Crippen molar-refractivity contribution >= 4 is 17.7 Å². The lowest BCUT2D eigenvalue weighted by atomic mass is 9.96. The molecule has 0 radical (unpaired) electrons. The van der Waals surface area contributed by atoms with E-state index in [1.54, 1.807) is 11.0 Å². The largest absolute Gasteiger partial charge is 0.446 e. The van der Waals surface area contributed by atoms with Crippen LogP contribution in [0.2, 0.25) is 0 Å². The number of rotatable bonds is 3. The molecule has 1 aromatic rings. The maximum Gasteiger partial charge on any atom is 0.446 e. The minimum atomic E-state index is -4.42. The van der Waals surface area contributed by atoms with Gasteiger partial charge in [0.1, 0.15) is 0 Å². The van der Waals surface area contributed by atoms with Crippen molar-refractivity contribution in [3.05, 3.63) is 29.8 Å². The summed E-state index contributed by atoms with van der Waals surface area (Å²) >= 11 is -0.251. The first kappa shape index (κ1) is 17.6. The molecule has 1 aromatic carbocycles. The average molecular weight is 361 g/mol. The quantitative estimate of drug-likeness (QED) is 0.772. The highest BCUT2D eigenvalue weighted by atomic mass is 32.2. The van der Waals surface area contributed by atoms with Gasteiger partial charge in [0.2, 0.25) is 0 Å². The SMILES string of the molecule is O=C(c1ccccc1SC(F)(F)F)N1CCCC(C2OCCO2)C1. The molecule has 0 bridgehead atoms. The Kier molecular flexibility index (Phi) is 5.36. The van der Waals surface area contributed by atoms with E-state index in [9.17, 15) is 18.0 Å². The molecular formula is C16H18F3NO3S. The number of hydrogen-bond donors (Lipinski definition) is 0. The highest BCUT2D eigenvalue weighted by Gasteiger charge is 2.35. The van der Waals surface area contributed by atoms with Crippen LogP contribution in [0.4, 0.5) is 13.2 Å². The van der Waals surface area contributed by atoms with E-state index in [2.05, 4.69) is 0 Å². The van der Waals surface area contributed by atoms with Gasteiger partial charge in [-0.25, -0.2) is 0 Å². The zero-order chi connectivity index (χ0) is 17.2. The van der Waals surface area contributed by atoms with Crippen molar-refractivity contribution in [2.24, 2.45) is 5.92 Å². The summed E-state index contributed by atoms with van der Waals surface area (Å²) in [4.78, 5) is 14.3. The third-order valence-corrected chi connectivity index (χ3v) is 4.93. The molecule has 0 N–H and O–H groups in total. The summed E-state index contributed by atoms with van der Waals surface area (Å²) in [6.45, 7) is 2.06. The van der Waals surface area contributed by atoms with E-state index in [0.717, 1.165) is 12.8 Å². The summed E-state index contributed by atoms with van der Waals surface area (Å²) in [6.07, 6.45) is 1.35. The average Bonchev–Trinajstić information content (AvgIpc) is 3.08. The van der Waals surface area contributed by atoms with Crippen molar-refractivity contribution in [2.45, 2.75) is 29.5 Å². The second-order valence-corrected chi connectivity index (χ2v) is 6.91. The summed E-state index contributed by atoms with van der Waals surface area (Å²) in [5.74, 6) is -0.308. The number of amides is 1. The maximum absolute atomic E-state index is 12.7. The van der Waals surface area contributed by atoms with E-state index in [-0.39, 0.29) is 40.3 Å². The molecule has 1 atom stereocenters. The Bertz CT molecular complexity index is 590. The lowest BCUT2D eigenvalue weighted by Crippen LogP contribution is -2.44. The van der Waals surface area contributed by atoms with E-state index in [1.807, 2.05) is 0 Å². The van der Waals surface area contributed by atoms with E-state index >= 15 is 0 Å². The first-order chi connectivity index (χ1) is 11.4. The molecule has 0 spiro atoms. The highest BCUT2D eigenvalue weighted by Crippen LogP contribution is 2.39. The van der Waals surface area contributed by atoms with Crippen LogP contribution < -0.4 is 0 Å². The van der Waals surface area contributed by atoms with Gasteiger partial charge < -0.3 is 14.4 Å². The van der Waals surface area contributed by atoms with Crippen molar-refractivity contribution in [3.63, 3.8) is 0 Å². The summed E-state index contributed by atoms with van der Waals surface area (Å²) in [5, 5.41) is 0. The number of alkyl halides is 3. The number of piperidine rings is 1. The number of benzene rings is 1. The van der Waals surface area contributed by atoms with Gasteiger partial charge in [-0.3, -0.25) is 4.79 Å². The van der Waals surface area contributed by atoms with Gasteiger partial charge in [0.05, 0.1) is 18.8 Å². The van der Waals surface area contributed by atoms with Crippen molar-refractivity contribution < 1.29 is 27.4 Å². The zero-order valence-corrected chi connectivity index (χ0v) is 13.7. The second kappa shape index (κ2) is 7.33. The van der Waals surface area contributed by atoms with Crippen LogP contribution in [0.3, 0.4) is 0 Å². The number of hydrogen-bond acceptors (Lipinski definition) is 4. The second-order valence-electron chi connectivity index (χ2n) is 5.81. The van der Waals surface area contributed by atoms with Gasteiger partial charge in [0.15, 0.2) is 6.29 Å². The summed E-state index contributed by atoms with van der Waals surface area (Å²) in [7, 11) is 0. The van der Waals surface area contributed by atoms with E-state index in [0.29, 0.717) is 26.3 Å². The van der Waals surface area contributed by atoms with Crippen LogP contribution in [0.25, 0.3) is 0 Å². The number of ether oxygens (including phenoxy) is 2. The Morgan fingerprint density at radius 3 is 2.62 bits per heavy atom. The number of carbonyl (C=O) groups excluding carboxylic acids is 1. The van der Waals surface area contributed by atoms with E-state index < -0.39 is 5.51 Å². The molecule has 0 aliphatic carbocycles. The number of carbonyl (C=O) groups is 1. The minimum absolute atomic E-state index is 0.0626. The molecule has 0 saturated carbocycles. The van der Waals surface area contributed by atoms with Gasteiger partial charge in [0.25, 0.3) is 5.91 Å². The van der Waals surface area contributed by atoms with Crippen LogP contribution in [0.1, 0.15) is 23.2 Å². The fourth-order valence-corrected chi connectivity index (χ4v) is 3.75. The van der Waals surface area contributed by atoms with Crippen LogP contribution in [0.5, 0.6) is 0 Å². The lowest BCUT2D eigenvalue weighted by Gasteiger charge is -2.35. The third kappa shape index (κ3) is 4.23. The topological polar surface area (TPSA) is 38.8 Å². The predicted octanol–water partition coefficient (Wildman–Crippen LogP) is 3.52. The Morgan fingerprint density at radius 1 is 1.21 bits per heavy atom. The van der Waals surface area contributed by atoms with Gasteiger partial charge in [0, 0.05) is 23.9 Å². The zero-order valence-electron chi connectivity index (χ0n) is 12.9. The van der Waals surface area contributed by atoms with Gasteiger partial charge >= 0.3 is 5.51 Å². The van der Waals surface area contributed by atoms with Crippen LogP contribution in [0, 0.1) is 5.92 Å². The monoisotopic (exact) mass is 361 g/mol. The lowest BCUT2D eigenvalue weighted by molar-refractivity contribution is -0.0969. The van der Waals surface area contributed by atoms with Gasteiger partial charge in [-0.15, -0.1) is 0 Å². The van der Waals surface area contributed by atoms with Crippen LogP contribution in [-0.4, -0.2) is 48.9 Å². The fourth-order valence-electron chi connectivity index (χ4n) is 3.09. The molecule has 2 heterocycles. The number of thioether (sulfide) groups is 1. The normalized spacial score (nSPS) is 22.8. The minimum Gasteiger partial charge on any atom is -0.350 e. The molecule has 8 heteroatoms. The maximum atomic E-state index is 12.7. The van der Waals surface area contributed by atoms with Gasteiger partial charge in [-0.05, 0) is 36.7 Å². The van der Waals surface area contributed by atoms with Crippen LogP contribution in [-0.2, 0) is 9.47 Å². The Labute approximate surface area is 142 Å². The molecule has 1 unspecified atom stereocenters. The first-order valence-corrected chi connectivity index (χ1v) is 8.63. The molecule has 132 valence electrons. The van der Waals surface area contributed by atoms with Crippen molar-refractivity contribution in [3.8, 4) is 0 Å². The molecule has 4 nitrogen and oxygen atoms in total. The molecule has 2 aliphatic heterocycles. The fraction of sp³-hybridized carbons (Fsp3) is 0.562. The number of likely N-dealkylation sites (tertiary alicyclic amines) is 1. The number of nitrogens with zero attached hydrogens (tertiary/aromatic N) is 1. The smallest absolute Gasteiger partial charge is 0.350 e. The third-order valence-electron chi connectivity index (χ3n) is 4.12. The van der Waals surface area contributed by atoms with E-state index in [1.165, 1.54) is 18.2 Å². The van der Waals surface area contributed by atoms with Gasteiger partial charge in [-0.2, -0.15) is 13.2 Å². The molecule has 24 heavy (non-hydrogen) atoms. The number of halogens is 3.